The van der Waals surface area contributed by atoms with Crippen molar-refractivity contribution in [2.75, 3.05) is 0 Å². The summed E-state index contributed by atoms with van der Waals surface area (Å²) in [5.41, 5.74) is 1.97. The molecule has 0 radical (unpaired) electrons. The molecule has 1 aromatic carbocycles. The number of hydrogen-bond acceptors (Lipinski definition) is 3. The van der Waals surface area contributed by atoms with Crippen LogP contribution in [0.15, 0.2) is 42.6 Å². The Bertz CT molecular complexity index is 466. The van der Waals surface area contributed by atoms with Gasteiger partial charge in [0.25, 0.3) is 0 Å². The minimum Gasteiger partial charge on any atom is -0.439 e. The maximum absolute atomic E-state index is 8.90. The molecule has 16 heavy (non-hydrogen) atoms. The SMILES string of the molecule is Cc1ccnc(Oc2ccc(CO)cc2)c1. The fraction of sp³-hybridized carbons (Fsp3) is 0.154. The second-order valence-electron chi connectivity index (χ2n) is 3.58. The second kappa shape index (κ2) is 4.77. The third kappa shape index (κ3) is 2.58. The van der Waals surface area contributed by atoms with Gasteiger partial charge in [0.2, 0.25) is 5.88 Å². The van der Waals surface area contributed by atoms with Crippen LogP contribution in [0.3, 0.4) is 0 Å². The summed E-state index contributed by atoms with van der Waals surface area (Å²) in [4.78, 5) is 4.11. The Hall–Kier alpha value is -1.87. The standard InChI is InChI=1S/C13H13NO2/c1-10-6-7-14-13(8-10)16-12-4-2-11(9-15)3-5-12/h2-8,15H,9H2,1H3. The first-order chi connectivity index (χ1) is 7.78. The fourth-order valence-electron chi connectivity index (χ4n) is 1.35. The van der Waals surface area contributed by atoms with E-state index in [0.29, 0.717) is 5.88 Å². The summed E-state index contributed by atoms with van der Waals surface area (Å²) in [5, 5.41) is 8.90. The predicted octanol–water partition coefficient (Wildman–Crippen LogP) is 2.67. The molecule has 0 aliphatic rings. The number of aromatic nitrogens is 1. The van der Waals surface area contributed by atoms with Crippen molar-refractivity contribution in [2.24, 2.45) is 0 Å². The van der Waals surface area contributed by atoms with Crippen molar-refractivity contribution in [1.82, 2.24) is 4.98 Å². The van der Waals surface area contributed by atoms with E-state index in [9.17, 15) is 0 Å². The lowest BCUT2D eigenvalue weighted by Crippen LogP contribution is -1.89. The molecule has 0 amide bonds. The number of pyridine rings is 1. The third-order valence-electron chi connectivity index (χ3n) is 2.22. The van der Waals surface area contributed by atoms with Gasteiger partial charge < -0.3 is 9.84 Å². The molecular weight excluding hydrogens is 202 g/mol. The van der Waals surface area contributed by atoms with E-state index < -0.39 is 0 Å². The molecule has 0 spiro atoms. The summed E-state index contributed by atoms with van der Waals surface area (Å²) in [6.07, 6.45) is 1.72. The summed E-state index contributed by atoms with van der Waals surface area (Å²) >= 11 is 0. The molecule has 1 aromatic heterocycles. The van der Waals surface area contributed by atoms with Gasteiger partial charge in [-0.25, -0.2) is 4.98 Å². The molecule has 1 heterocycles. The monoisotopic (exact) mass is 215 g/mol. The lowest BCUT2D eigenvalue weighted by atomic mass is 10.2. The van der Waals surface area contributed by atoms with Gasteiger partial charge in [-0.05, 0) is 36.2 Å². The number of aryl methyl sites for hydroxylation is 1. The smallest absolute Gasteiger partial charge is 0.219 e. The molecule has 0 fully saturated rings. The molecule has 0 aliphatic carbocycles. The molecule has 3 heteroatoms. The number of aliphatic hydroxyl groups excluding tert-OH is 1. The second-order valence-corrected chi connectivity index (χ2v) is 3.58. The zero-order chi connectivity index (χ0) is 11.4. The molecule has 2 rings (SSSR count). The Morgan fingerprint density at radius 2 is 1.94 bits per heavy atom. The van der Waals surface area contributed by atoms with E-state index in [-0.39, 0.29) is 6.61 Å². The Morgan fingerprint density at radius 3 is 2.56 bits per heavy atom. The van der Waals surface area contributed by atoms with Crippen LogP contribution in [0, 0.1) is 6.92 Å². The summed E-state index contributed by atoms with van der Waals surface area (Å²) in [6, 6.07) is 11.1. The van der Waals surface area contributed by atoms with Crippen LogP contribution in [-0.4, -0.2) is 10.1 Å². The molecule has 0 aliphatic heterocycles. The molecular formula is C13H13NO2. The summed E-state index contributed by atoms with van der Waals surface area (Å²) in [7, 11) is 0. The van der Waals surface area contributed by atoms with E-state index in [0.717, 1.165) is 16.9 Å². The molecule has 2 aromatic rings. The Balaban J connectivity index is 2.14. The van der Waals surface area contributed by atoms with Crippen molar-refractivity contribution in [2.45, 2.75) is 13.5 Å². The maximum Gasteiger partial charge on any atom is 0.219 e. The van der Waals surface area contributed by atoms with Crippen molar-refractivity contribution in [3.05, 3.63) is 53.7 Å². The van der Waals surface area contributed by atoms with Crippen LogP contribution >= 0.6 is 0 Å². The van der Waals surface area contributed by atoms with Gasteiger partial charge >= 0.3 is 0 Å². The number of hydrogen-bond donors (Lipinski definition) is 1. The van der Waals surface area contributed by atoms with Crippen molar-refractivity contribution < 1.29 is 9.84 Å². The van der Waals surface area contributed by atoms with Crippen molar-refractivity contribution in [1.29, 1.82) is 0 Å². The number of rotatable bonds is 3. The van der Waals surface area contributed by atoms with Gasteiger partial charge in [-0.2, -0.15) is 0 Å². The van der Waals surface area contributed by atoms with Crippen molar-refractivity contribution in [3.63, 3.8) is 0 Å². The van der Waals surface area contributed by atoms with E-state index in [2.05, 4.69) is 4.98 Å². The van der Waals surface area contributed by atoms with Gasteiger partial charge in [0.05, 0.1) is 6.61 Å². The maximum atomic E-state index is 8.90. The Morgan fingerprint density at radius 1 is 1.19 bits per heavy atom. The summed E-state index contributed by atoms with van der Waals surface area (Å²) in [5.74, 6) is 1.30. The molecule has 1 N–H and O–H groups in total. The van der Waals surface area contributed by atoms with Crippen LogP contribution in [0.5, 0.6) is 11.6 Å². The molecule has 3 nitrogen and oxygen atoms in total. The Kier molecular flexibility index (Phi) is 3.17. The van der Waals surface area contributed by atoms with Crippen LogP contribution < -0.4 is 4.74 Å². The first-order valence-corrected chi connectivity index (χ1v) is 5.08. The van der Waals surface area contributed by atoms with Gasteiger partial charge in [-0.3, -0.25) is 0 Å². The number of benzene rings is 1. The first kappa shape index (κ1) is 10.6. The quantitative estimate of drug-likeness (QED) is 0.855. The number of aliphatic hydroxyl groups is 1. The number of ether oxygens (including phenoxy) is 1. The molecule has 0 atom stereocenters. The van der Waals surface area contributed by atoms with Gasteiger partial charge in [-0.1, -0.05) is 12.1 Å². The molecule has 0 saturated heterocycles. The van der Waals surface area contributed by atoms with Crippen LogP contribution in [0.25, 0.3) is 0 Å². The average Bonchev–Trinajstić information content (AvgIpc) is 2.30. The van der Waals surface area contributed by atoms with Crippen molar-refractivity contribution in [3.8, 4) is 11.6 Å². The minimum atomic E-state index is 0.0446. The minimum absolute atomic E-state index is 0.0446. The topological polar surface area (TPSA) is 42.4 Å². The van der Waals surface area contributed by atoms with Crippen LogP contribution in [0.4, 0.5) is 0 Å². The summed E-state index contributed by atoms with van der Waals surface area (Å²) < 4.78 is 5.57. The highest BCUT2D eigenvalue weighted by atomic mass is 16.5. The van der Waals surface area contributed by atoms with Gasteiger partial charge in [0.15, 0.2) is 0 Å². The average molecular weight is 215 g/mol. The van der Waals surface area contributed by atoms with Crippen LogP contribution in [0.2, 0.25) is 0 Å². The van der Waals surface area contributed by atoms with Gasteiger partial charge in [0.1, 0.15) is 5.75 Å². The largest absolute Gasteiger partial charge is 0.439 e. The van der Waals surface area contributed by atoms with E-state index in [1.165, 1.54) is 0 Å². The third-order valence-corrected chi connectivity index (χ3v) is 2.22. The summed E-state index contributed by atoms with van der Waals surface area (Å²) in [6.45, 7) is 2.03. The Labute approximate surface area is 94.3 Å². The first-order valence-electron chi connectivity index (χ1n) is 5.08. The molecule has 0 unspecified atom stereocenters. The zero-order valence-electron chi connectivity index (χ0n) is 9.05. The highest BCUT2D eigenvalue weighted by Gasteiger charge is 1.98. The highest BCUT2D eigenvalue weighted by molar-refractivity contribution is 5.31. The molecule has 0 bridgehead atoms. The lowest BCUT2D eigenvalue weighted by Gasteiger charge is -2.05. The fourth-order valence-corrected chi connectivity index (χ4v) is 1.35. The van der Waals surface area contributed by atoms with E-state index in [1.807, 2.05) is 43.3 Å². The predicted molar refractivity (Wildman–Crippen MR) is 61.4 cm³/mol. The van der Waals surface area contributed by atoms with Crippen molar-refractivity contribution >= 4 is 0 Å². The molecule has 82 valence electrons. The van der Waals surface area contributed by atoms with E-state index in [4.69, 9.17) is 9.84 Å². The van der Waals surface area contributed by atoms with Gasteiger partial charge in [0, 0.05) is 12.3 Å². The highest BCUT2D eigenvalue weighted by Crippen LogP contribution is 2.20. The lowest BCUT2D eigenvalue weighted by molar-refractivity contribution is 0.281. The normalized spacial score (nSPS) is 10.1. The number of nitrogens with zero attached hydrogens (tertiary/aromatic N) is 1. The van der Waals surface area contributed by atoms with Crippen LogP contribution in [0.1, 0.15) is 11.1 Å². The van der Waals surface area contributed by atoms with Gasteiger partial charge in [-0.15, -0.1) is 0 Å². The molecule has 0 saturated carbocycles. The van der Waals surface area contributed by atoms with E-state index in [1.54, 1.807) is 6.20 Å². The van der Waals surface area contributed by atoms with Crippen LogP contribution in [-0.2, 0) is 6.61 Å². The van der Waals surface area contributed by atoms with E-state index >= 15 is 0 Å². The zero-order valence-corrected chi connectivity index (χ0v) is 9.05.